The Morgan fingerprint density at radius 2 is 2.18 bits per heavy atom. The van der Waals surface area contributed by atoms with E-state index < -0.39 is 0 Å². The number of hydrogen-bond donors (Lipinski definition) is 1. The van der Waals surface area contributed by atoms with E-state index in [0.717, 1.165) is 16.7 Å². The largest absolute Gasteiger partial charge is 0.383 e. The number of methoxy groups -OCH3 is 1. The first-order valence-electron chi connectivity index (χ1n) is 5.18. The monoisotopic (exact) mass is 235 g/mol. The molecule has 1 aromatic carbocycles. The maximum absolute atomic E-state index is 13.2. The summed E-state index contributed by atoms with van der Waals surface area (Å²) >= 11 is 0. The SMILES string of the molecule is COCc1cc(F)ccc1-c1cnn(C)c1N. The van der Waals surface area contributed by atoms with Gasteiger partial charge in [-0.15, -0.1) is 0 Å². The van der Waals surface area contributed by atoms with Gasteiger partial charge < -0.3 is 10.5 Å². The smallest absolute Gasteiger partial charge is 0.129 e. The Kier molecular flexibility index (Phi) is 3.10. The van der Waals surface area contributed by atoms with Gasteiger partial charge in [-0.3, -0.25) is 4.68 Å². The second-order valence-electron chi connectivity index (χ2n) is 3.80. The third-order valence-electron chi connectivity index (χ3n) is 2.64. The summed E-state index contributed by atoms with van der Waals surface area (Å²) in [6.07, 6.45) is 1.67. The van der Waals surface area contributed by atoms with E-state index in [1.807, 2.05) is 0 Å². The van der Waals surface area contributed by atoms with Crippen LogP contribution in [0, 0.1) is 5.82 Å². The summed E-state index contributed by atoms with van der Waals surface area (Å²) in [7, 11) is 3.33. The number of halogens is 1. The van der Waals surface area contributed by atoms with Crippen molar-refractivity contribution in [1.82, 2.24) is 9.78 Å². The Balaban J connectivity index is 2.54. The van der Waals surface area contributed by atoms with Crippen molar-refractivity contribution in [1.29, 1.82) is 0 Å². The van der Waals surface area contributed by atoms with Crippen LogP contribution in [0.2, 0.25) is 0 Å². The van der Waals surface area contributed by atoms with Gasteiger partial charge in [0, 0.05) is 19.7 Å². The zero-order chi connectivity index (χ0) is 12.4. The van der Waals surface area contributed by atoms with E-state index in [0.29, 0.717) is 12.4 Å². The Hall–Kier alpha value is -1.88. The molecule has 0 radical (unpaired) electrons. The van der Waals surface area contributed by atoms with E-state index >= 15 is 0 Å². The molecule has 2 rings (SSSR count). The van der Waals surface area contributed by atoms with Crippen molar-refractivity contribution >= 4 is 5.82 Å². The lowest BCUT2D eigenvalue weighted by Crippen LogP contribution is -1.99. The fourth-order valence-corrected chi connectivity index (χ4v) is 1.75. The molecule has 2 aromatic rings. The van der Waals surface area contributed by atoms with Crippen LogP contribution in [0.4, 0.5) is 10.2 Å². The number of benzene rings is 1. The molecule has 0 aliphatic rings. The van der Waals surface area contributed by atoms with Crippen LogP contribution in [-0.2, 0) is 18.4 Å². The average molecular weight is 235 g/mol. The van der Waals surface area contributed by atoms with E-state index in [9.17, 15) is 4.39 Å². The molecule has 0 unspecified atom stereocenters. The van der Waals surface area contributed by atoms with Crippen LogP contribution in [0.3, 0.4) is 0 Å². The lowest BCUT2D eigenvalue weighted by atomic mass is 10.0. The van der Waals surface area contributed by atoms with Gasteiger partial charge >= 0.3 is 0 Å². The Labute approximate surface area is 98.8 Å². The lowest BCUT2D eigenvalue weighted by molar-refractivity contribution is 0.185. The number of nitrogens with zero attached hydrogens (tertiary/aromatic N) is 2. The number of rotatable bonds is 3. The van der Waals surface area contributed by atoms with Crippen molar-refractivity contribution in [3.05, 3.63) is 35.8 Å². The molecule has 0 spiro atoms. The quantitative estimate of drug-likeness (QED) is 0.884. The molecular weight excluding hydrogens is 221 g/mol. The zero-order valence-corrected chi connectivity index (χ0v) is 9.77. The summed E-state index contributed by atoms with van der Waals surface area (Å²) in [4.78, 5) is 0. The van der Waals surface area contributed by atoms with Crippen LogP contribution in [-0.4, -0.2) is 16.9 Å². The summed E-state index contributed by atoms with van der Waals surface area (Å²) in [6.45, 7) is 0.335. The Bertz CT molecular complexity index is 537. The topological polar surface area (TPSA) is 53.1 Å². The molecule has 0 aliphatic carbocycles. The molecule has 0 amide bonds. The van der Waals surface area contributed by atoms with Crippen molar-refractivity contribution in [2.24, 2.45) is 7.05 Å². The van der Waals surface area contributed by atoms with Gasteiger partial charge in [0.1, 0.15) is 11.6 Å². The van der Waals surface area contributed by atoms with Gasteiger partial charge in [-0.1, -0.05) is 6.07 Å². The van der Waals surface area contributed by atoms with E-state index in [2.05, 4.69) is 5.10 Å². The molecular formula is C12H14FN3O. The Morgan fingerprint density at radius 3 is 2.76 bits per heavy atom. The predicted molar refractivity (Wildman–Crippen MR) is 63.7 cm³/mol. The highest BCUT2D eigenvalue weighted by Gasteiger charge is 2.12. The molecule has 0 saturated carbocycles. The van der Waals surface area contributed by atoms with Crippen molar-refractivity contribution in [2.45, 2.75) is 6.61 Å². The van der Waals surface area contributed by atoms with E-state index in [1.165, 1.54) is 12.1 Å². The van der Waals surface area contributed by atoms with Gasteiger partial charge in [-0.05, 0) is 23.3 Å². The minimum absolute atomic E-state index is 0.289. The van der Waals surface area contributed by atoms with Gasteiger partial charge in [0.15, 0.2) is 0 Å². The van der Waals surface area contributed by atoms with Crippen molar-refractivity contribution in [2.75, 3.05) is 12.8 Å². The summed E-state index contributed by atoms with van der Waals surface area (Å²) < 4.78 is 19.8. The number of ether oxygens (including phenoxy) is 1. The number of hydrogen-bond acceptors (Lipinski definition) is 3. The molecule has 1 aromatic heterocycles. The van der Waals surface area contributed by atoms with Gasteiger partial charge in [-0.25, -0.2) is 4.39 Å². The second kappa shape index (κ2) is 4.55. The molecule has 4 nitrogen and oxygen atoms in total. The minimum Gasteiger partial charge on any atom is -0.383 e. The fourth-order valence-electron chi connectivity index (χ4n) is 1.75. The summed E-state index contributed by atoms with van der Waals surface area (Å²) in [5.74, 6) is 0.261. The van der Waals surface area contributed by atoms with E-state index in [-0.39, 0.29) is 5.82 Å². The molecule has 90 valence electrons. The first-order valence-corrected chi connectivity index (χ1v) is 5.18. The highest BCUT2D eigenvalue weighted by Crippen LogP contribution is 2.29. The van der Waals surface area contributed by atoms with Crippen molar-refractivity contribution < 1.29 is 9.13 Å². The molecule has 17 heavy (non-hydrogen) atoms. The average Bonchev–Trinajstić information content (AvgIpc) is 2.61. The second-order valence-corrected chi connectivity index (χ2v) is 3.80. The number of nitrogen functional groups attached to an aromatic ring is 1. The summed E-state index contributed by atoms with van der Waals surface area (Å²) in [6, 6.07) is 4.54. The molecule has 0 fully saturated rings. The summed E-state index contributed by atoms with van der Waals surface area (Å²) in [5.41, 5.74) is 8.30. The molecule has 0 aliphatic heterocycles. The molecule has 0 bridgehead atoms. The Morgan fingerprint density at radius 1 is 1.41 bits per heavy atom. The van der Waals surface area contributed by atoms with Crippen molar-refractivity contribution in [3.8, 4) is 11.1 Å². The van der Waals surface area contributed by atoms with Gasteiger partial charge in [-0.2, -0.15) is 5.10 Å². The van der Waals surface area contributed by atoms with Gasteiger partial charge in [0.2, 0.25) is 0 Å². The van der Waals surface area contributed by atoms with Crippen LogP contribution in [0.5, 0.6) is 0 Å². The first kappa shape index (κ1) is 11.6. The molecule has 1 heterocycles. The van der Waals surface area contributed by atoms with Gasteiger partial charge in [0.25, 0.3) is 0 Å². The normalized spacial score (nSPS) is 10.8. The standard InChI is InChI=1S/C12H14FN3O/c1-16-12(14)11(6-15-16)10-4-3-9(13)5-8(10)7-17-2/h3-6H,7,14H2,1-2H3. The predicted octanol–water partition coefficient (Wildman–Crippen LogP) is 1.95. The number of anilines is 1. The van der Waals surface area contributed by atoms with Crippen LogP contribution < -0.4 is 5.73 Å². The van der Waals surface area contributed by atoms with Crippen molar-refractivity contribution in [3.63, 3.8) is 0 Å². The first-order chi connectivity index (χ1) is 8.13. The molecule has 0 saturated heterocycles. The fraction of sp³-hybridized carbons (Fsp3) is 0.250. The van der Waals surface area contributed by atoms with Crippen LogP contribution >= 0.6 is 0 Å². The highest BCUT2D eigenvalue weighted by molar-refractivity contribution is 5.76. The third kappa shape index (κ3) is 2.14. The minimum atomic E-state index is -0.289. The van der Waals surface area contributed by atoms with Gasteiger partial charge in [0.05, 0.1) is 12.8 Å². The number of aryl methyl sites for hydroxylation is 1. The lowest BCUT2D eigenvalue weighted by Gasteiger charge is -2.08. The van der Waals surface area contributed by atoms with Crippen LogP contribution in [0.25, 0.3) is 11.1 Å². The number of aromatic nitrogens is 2. The van der Waals surface area contributed by atoms with Crippen LogP contribution in [0.15, 0.2) is 24.4 Å². The molecule has 0 atom stereocenters. The number of nitrogens with two attached hydrogens (primary N) is 1. The summed E-state index contributed by atoms with van der Waals surface area (Å²) in [5, 5.41) is 4.07. The van der Waals surface area contributed by atoms with E-state index in [1.54, 1.807) is 31.1 Å². The zero-order valence-electron chi connectivity index (χ0n) is 9.77. The van der Waals surface area contributed by atoms with Crippen LogP contribution in [0.1, 0.15) is 5.56 Å². The molecule has 2 N–H and O–H groups in total. The maximum Gasteiger partial charge on any atom is 0.129 e. The molecule has 5 heteroatoms. The third-order valence-corrected chi connectivity index (χ3v) is 2.64. The highest BCUT2D eigenvalue weighted by atomic mass is 19.1. The maximum atomic E-state index is 13.2. The van der Waals surface area contributed by atoms with E-state index in [4.69, 9.17) is 10.5 Å².